The van der Waals surface area contributed by atoms with Crippen LogP contribution in [0.1, 0.15) is 12.0 Å². The molecule has 2 aromatic carbocycles. The second-order valence-corrected chi connectivity index (χ2v) is 8.25. The summed E-state index contributed by atoms with van der Waals surface area (Å²) in [4.78, 5) is 2.44. The summed E-state index contributed by atoms with van der Waals surface area (Å²) in [6.45, 7) is 2.98. The first-order valence-corrected chi connectivity index (χ1v) is 10.7. The molecule has 0 saturated carbocycles. The van der Waals surface area contributed by atoms with Gasteiger partial charge in [-0.05, 0) is 48.7 Å². The Morgan fingerprint density at radius 1 is 1.08 bits per heavy atom. The molecule has 1 aliphatic rings. The molecular weight excluding hydrogens is 372 g/mol. The highest BCUT2D eigenvalue weighted by Gasteiger charge is 2.16. The zero-order valence-corrected chi connectivity index (χ0v) is 16.1. The molecule has 7 heteroatoms. The van der Waals surface area contributed by atoms with Crippen LogP contribution in [0.3, 0.4) is 0 Å². The molecule has 5 nitrogen and oxygen atoms in total. The summed E-state index contributed by atoms with van der Waals surface area (Å²) in [6, 6.07) is 14.4. The fraction of sp³-hybridized carbons (Fsp3) is 0.368. The van der Waals surface area contributed by atoms with Crippen molar-refractivity contribution in [1.82, 2.24) is 0 Å². The molecule has 1 saturated heterocycles. The number of rotatable bonds is 7. The van der Waals surface area contributed by atoms with Gasteiger partial charge in [0.15, 0.2) is 0 Å². The smallest absolute Gasteiger partial charge is 0.261 e. The van der Waals surface area contributed by atoms with E-state index in [0.717, 1.165) is 37.2 Å². The van der Waals surface area contributed by atoms with E-state index in [2.05, 4.69) is 9.62 Å². The first kappa shape index (κ1) is 19.0. The molecule has 140 valence electrons. The fourth-order valence-electron chi connectivity index (χ4n) is 2.91. The standard InChI is InChI=1S/C19H23ClN2O3S/c20-10-2-3-16-6-8-19(9-7-16)26(23,24)21-17-4-1-5-18(15-17)22-11-13-25-14-12-22/h1,4-9,15,21H,2-3,10-14H2. The van der Waals surface area contributed by atoms with Gasteiger partial charge in [-0.25, -0.2) is 8.42 Å². The number of benzene rings is 2. The Bertz CT molecular complexity index is 819. The Morgan fingerprint density at radius 2 is 1.81 bits per heavy atom. The number of anilines is 2. The quantitative estimate of drug-likeness (QED) is 0.730. The molecule has 0 spiro atoms. The molecule has 2 aromatic rings. The average molecular weight is 395 g/mol. The number of morpholine rings is 1. The van der Waals surface area contributed by atoms with E-state index in [4.69, 9.17) is 16.3 Å². The van der Waals surface area contributed by atoms with E-state index in [1.54, 1.807) is 18.2 Å². The fourth-order valence-corrected chi connectivity index (χ4v) is 4.09. The second-order valence-electron chi connectivity index (χ2n) is 6.19. The number of hydrogen-bond acceptors (Lipinski definition) is 4. The van der Waals surface area contributed by atoms with E-state index in [0.29, 0.717) is 24.8 Å². The Hall–Kier alpha value is -1.76. The predicted octanol–water partition coefficient (Wildman–Crippen LogP) is 3.50. The van der Waals surface area contributed by atoms with Crippen molar-refractivity contribution in [2.45, 2.75) is 17.7 Å². The van der Waals surface area contributed by atoms with Crippen LogP contribution in [-0.2, 0) is 21.2 Å². The van der Waals surface area contributed by atoms with Crippen molar-refractivity contribution in [3.05, 3.63) is 54.1 Å². The molecule has 0 atom stereocenters. The zero-order chi connectivity index (χ0) is 18.4. The topological polar surface area (TPSA) is 58.6 Å². The van der Waals surface area contributed by atoms with E-state index in [1.807, 2.05) is 30.3 Å². The van der Waals surface area contributed by atoms with Gasteiger partial charge in [0.25, 0.3) is 10.0 Å². The van der Waals surface area contributed by atoms with Gasteiger partial charge in [-0.1, -0.05) is 18.2 Å². The maximum absolute atomic E-state index is 12.6. The third kappa shape index (κ3) is 4.90. The maximum atomic E-state index is 12.6. The van der Waals surface area contributed by atoms with E-state index >= 15 is 0 Å². The minimum atomic E-state index is -3.62. The number of halogens is 1. The Morgan fingerprint density at radius 3 is 2.50 bits per heavy atom. The molecule has 0 unspecified atom stereocenters. The lowest BCUT2D eigenvalue weighted by molar-refractivity contribution is 0.122. The summed E-state index contributed by atoms with van der Waals surface area (Å²) >= 11 is 5.70. The van der Waals surface area contributed by atoms with Crippen LogP contribution >= 0.6 is 11.6 Å². The first-order valence-electron chi connectivity index (χ1n) is 8.69. The van der Waals surface area contributed by atoms with Gasteiger partial charge in [0, 0.05) is 24.7 Å². The molecule has 3 rings (SSSR count). The monoisotopic (exact) mass is 394 g/mol. The van der Waals surface area contributed by atoms with Crippen LogP contribution in [0.4, 0.5) is 11.4 Å². The second kappa shape index (κ2) is 8.75. The van der Waals surface area contributed by atoms with E-state index < -0.39 is 10.0 Å². The first-order chi connectivity index (χ1) is 12.6. The summed E-state index contributed by atoms with van der Waals surface area (Å²) < 4.78 is 33.3. The summed E-state index contributed by atoms with van der Waals surface area (Å²) in [6.07, 6.45) is 1.72. The van der Waals surface area contributed by atoms with Crippen molar-refractivity contribution < 1.29 is 13.2 Å². The lowest BCUT2D eigenvalue weighted by Gasteiger charge is -2.29. The molecule has 0 amide bonds. The van der Waals surface area contributed by atoms with Crippen LogP contribution in [0.15, 0.2) is 53.4 Å². The largest absolute Gasteiger partial charge is 0.378 e. The molecule has 0 aliphatic carbocycles. The highest BCUT2D eigenvalue weighted by molar-refractivity contribution is 7.92. The number of alkyl halides is 1. The van der Waals surface area contributed by atoms with Gasteiger partial charge in [0.2, 0.25) is 0 Å². The molecule has 0 aromatic heterocycles. The Kier molecular flexibility index (Phi) is 6.40. The molecule has 1 aliphatic heterocycles. The van der Waals surface area contributed by atoms with E-state index in [9.17, 15) is 8.42 Å². The third-order valence-electron chi connectivity index (χ3n) is 4.31. The van der Waals surface area contributed by atoms with Crippen molar-refractivity contribution in [2.24, 2.45) is 0 Å². The van der Waals surface area contributed by atoms with Crippen LogP contribution in [0.5, 0.6) is 0 Å². The Labute approximate surface area is 160 Å². The van der Waals surface area contributed by atoms with Gasteiger partial charge < -0.3 is 9.64 Å². The van der Waals surface area contributed by atoms with E-state index in [-0.39, 0.29) is 4.90 Å². The molecule has 26 heavy (non-hydrogen) atoms. The summed E-state index contributed by atoms with van der Waals surface area (Å²) in [5.74, 6) is 0.598. The molecule has 1 N–H and O–H groups in total. The molecule has 1 heterocycles. The van der Waals surface area contributed by atoms with Crippen molar-refractivity contribution in [3.8, 4) is 0 Å². The van der Waals surface area contributed by atoms with Crippen LogP contribution < -0.4 is 9.62 Å². The zero-order valence-electron chi connectivity index (χ0n) is 14.5. The van der Waals surface area contributed by atoms with Crippen LogP contribution in [0.25, 0.3) is 0 Å². The highest BCUT2D eigenvalue weighted by atomic mass is 35.5. The number of aryl methyl sites for hydroxylation is 1. The molecule has 0 bridgehead atoms. The van der Waals surface area contributed by atoms with Crippen molar-refractivity contribution in [1.29, 1.82) is 0 Å². The average Bonchev–Trinajstić information content (AvgIpc) is 2.67. The lowest BCUT2D eigenvalue weighted by Crippen LogP contribution is -2.36. The predicted molar refractivity (Wildman–Crippen MR) is 106 cm³/mol. The van der Waals surface area contributed by atoms with Crippen molar-refractivity contribution >= 4 is 33.0 Å². The van der Waals surface area contributed by atoms with Crippen LogP contribution in [0.2, 0.25) is 0 Å². The number of nitrogens with zero attached hydrogens (tertiary/aromatic N) is 1. The summed E-state index contributed by atoms with van der Waals surface area (Å²) in [7, 11) is -3.62. The van der Waals surface area contributed by atoms with Gasteiger partial charge in [-0.3, -0.25) is 4.72 Å². The number of ether oxygens (including phenoxy) is 1. The number of nitrogens with one attached hydrogen (secondary N) is 1. The van der Waals surface area contributed by atoms with Gasteiger partial charge in [-0.2, -0.15) is 0 Å². The summed E-state index contributed by atoms with van der Waals surface area (Å²) in [5, 5.41) is 0. The van der Waals surface area contributed by atoms with E-state index in [1.165, 1.54) is 0 Å². The highest BCUT2D eigenvalue weighted by Crippen LogP contribution is 2.23. The minimum absolute atomic E-state index is 0.254. The van der Waals surface area contributed by atoms with Gasteiger partial charge in [-0.15, -0.1) is 11.6 Å². The molecular formula is C19H23ClN2O3S. The number of hydrogen-bond donors (Lipinski definition) is 1. The molecule has 1 fully saturated rings. The van der Waals surface area contributed by atoms with Gasteiger partial charge >= 0.3 is 0 Å². The Balaban J connectivity index is 1.72. The third-order valence-corrected chi connectivity index (χ3v) is 5.97. The van der Waals surface area contributed by atoms with Crippen molar-refractivity contribution in [3.63, 3.8) is 0 Å². The van der Waals surface area contributed by atoms with Crippen molar-refractivity contribution in [2.75, 3.05) is 41.8 Å². The minimum Gasteiger partial charge on any atom is -0.378 e. The van der Waals surface area contributed by atoms with Crippen LogP contribution in [-0.4, -0.2) is 40.6 Å². The molecule has 0 radical (unpaired) electrons. The van der Waals surface area contributed by atoms with Gasteiger partial charge in [0.05, 0.1) is 23.8 Å². The SMILES string of the molecule is O=S(=O)(Nc1cccc(N2CCOCC2)c1)c1ccc(CCCCl)cc1. The summed E-state index contributed by atoms with van der Waals surface area (Å²) in [5.41, 5.74) is 2.63. The lowest BCUT2D eigenvalue weighted by atomic mass is 10.1. The van der Waals surface area contributed by atoms with Gasteiger partial charge in [0.1, 0.15) is 0 Å². The van der Waals surface area contributed by atoms with Crippen LogP contribution in [0, 0.1) is 0 Å². The normalized spacial score (nSPS) is 15.0. The number of sulfonamides is 1. The maximum Gasteiger partial charge on any atom is 0.261 e.